The number of para-hydroxylation sites is 1. The lowest BCUT2D eigenvalue weighted by molar-refractivity contribution is 0.0794. The number of pyridine rings is 1. The molecule has 0 fully saturated rings. The normalized spacial score (nSPS) is 13.7. The number of hydrogen-bond acceptors (Lipinski definition) is 4. The molecule has 0 saturated heterocycles. The van der Waals surface area contributed by atoms with E-state index in [4.69, 9.17) is 11.6 Å². The molecule has 0 spiro atoms. The fourth-order valence-electron chi connectivity index (χ4n) is 4.52. The van der Waals surface area contributed by atoms with Crippen molar-refractivity contribution in [2.45, 2.75) is 66.2 Å². The lowest BCUT2D eigenvalue weighted by atomic mass is 9.99. The minimum absolute atomic E-state index is 0.0467. The molecule has 0 aliphatic carbocycles. The van der Waals surface area contributed by atoms with Crippen LogP contribution in [0.4, 0.5) is 0 Å². The summed E-state index contributed by atoms with van der Waals surface area (Å²) < 4.78 is 2.23. The molecule has 0 aliphatic heterocycles. The Hall–Kier alpha value is -2.61. The number of aliphatic hydroxyl groups is 1. The van der Waals surface area contributed by atoms with Crippen LogP contribution in [0.5, 0.6) is 0 Å². The molecule has 35 heavy (non-hydrogen) atoms. The van der Waals surface area contributed by atoms with Gasteiger partial charge in [0, 0.05) is 34.9 Å². The summed E-state index contributed by atoms with van der Waals surface area (Å²) in [6.07, 6.45) is 0.930. The molecule has 4 N–H and O–H groups in total. The zero-order valence-electron chi connectivity index (χ0n) is 21.5. The van der Waals surface area contributed by atoms with Crippen molar-refractivity contribution in [2.24, 2.45) is 5.92 Å². The van der Waals surface area contributed by atoms with Crippen molar-refractivity contribution >= 4 is 28.4 Å². The molecule has 1 unspecified atom stereocenters. The van der Waals surface area contributed by atoms with E-state index in [9.17, 15) is 14.7 Å². The third-order valence-electron chi connectivity index (χ3n) is 6.59. The summed E-state index contributed by atoms with van der Waals surface area (Å²) in [6.45, 7) is 13.1. The standard InChI is InChI=1S/C27H37ClN4O3/c1-16(11-12-29-15-27(5,6)35)18(3)32-19(4)24(20-9-7-8-10-23(20)32)26(34)30-14-21-22(28)13-17(2)31-25(21)33/h7-10,13,16,18,29,35H,11-12,14-15H2,1-6H3,(H,30,34)(H,31,33)/t16?,18-/m1/s1. The van der Waals surface area contributed by atoms with E-state index in [-0.39, 0.29) is 24.1 Å². The Bertz CT molecular complexity index is 1260. The van der Waals surface area contributed by atoms with E-state index in [0.717, 1.165) is 29.6 Å². The number of rotatable bonds is 10. The Morgan fingerprint density at radius 3 is 2.57 bits per heavy atom. The maximum Gasteiger partial charge on any atom is 0.254 e. The molecule has 3 aromatic rings. The Morgan fingerprint density at radius 1 is 1.23 bits per heavy atom. The van der Waals surface area contributed by atoms with Crippen LogP contribution in [0.2, 0.25) is 5.02 Å². The summed E-state index contributed by atoms with van der Waals surface area (Å²) in [5.74, 6) is 0.0971. The highest BCUT2D eigenvalue weighted by molar-refractivity contribution is 6.31. The van der Waals surface area contributed by atoms with E-state index in [2.05, 4.69) is 34.0 Å². The van der Waals surface area contributed by atoms with Crippen LogP contribution in [0, 0.1) is 19.8 Å². The summed E-state index contributed by atoms with van der Waals surface area (Å²) in [5, 5.41) is 17.3. The quantitative estimate of drug-likeness (QED) is 0.308. The SMILES string of the molecule is Cc1cc(Cl)c(CNC(=O)c2c(C)n([C@H](C)C(C)CCNCC(C)(C)O)c3ccccc23)c(=O)[nH]1. The summed E-state index contributed by atoms with van der Waals surface area (Å²) in [4.78, 5) is 28.4. The second-order valence-electron chi connectivity index (χ2n) is 10.1. The van der Waals surface area contributed by atoms with Crippen LogP contribution in [0.15, 0.2) is 35.1 Å². The largest absolute Gasteiger partial charge is 0.389 e. The van der Waals surface area contributed by atoms with E-state index in [1.807, 2.05) is 31.2 Å². The molecule has 1 aromatic carbocycles. The highest BCUT2D eigenvalue weighted by Crippen LogP contribution is 2.33. The first-order valence-corrected chi connectivity index (χ1v) is 12.5. The maximum atomic E-state index is 13.3. The van der Waals surface area contributed by atoms with Crippen molar-refractivity contribution in [1.29, 1.82) is 0 Å². The van der Waals surface area contributed by atoms with E-state index < -0.39 is 5.60 Å². The van der Waals surface area contributed by atoms with Gasteiger partial charge in [-0.1, -0.05) is 36.7 Å². The molecule has 0 saturated carbocycles. The highest BCUT2D eigenvalue weighted by atomic mass is 35.5. The van der Waals surface area contributed by atoms with E-state index in [1.54, 1.807) is 26.8 Å². The molecule has 2 heterocycles. The smallest absolute Gasteiger partial charge is 0.254 e. The van der Waals surface area contributed by atoms with Gasteiger partial charge in [0.25, 0.3) is 11.5 Å². The Balaban J connectivity index is 1.83. The number of carbonyl (C=O) groups excluding carboxylic acids is 1. The van der Waals surface area contributed by atoms with Crippen LogP contribution in [-0.4, -0.2) is 39.3 Å². The summed E-state index contributed by atoms with van der Waals surface area (Å²) in [6, 6.07) is 9.74. The zero-order valence-corrected chi connectivity index (χ0v) is 22.2. The number of fused-ring (bicyclic) bond motifs is 1. The molecular formula is C27H37ClN4O3. The number of carbonyl (C=O) groups is 1. The number of aryl methyl sites for hydroxylation is 1. The second-order valence-corrected chi connectivity index (χ2v) is 10.5. The summed E-state index contributed by atoms with van der Waals surface area (Å²) in [5.41, 5.74) is 2.48. The van der Waals surface area contributed by atoms with Gasteiger partial charge in [0.05, 0.1) is 28.3 Å². The van der Waals surface area contributed by atoms with Crippen LogP contribution in [0.25, 0.3) is 10.9 Å². The van der Waals surface area contributed by atoms with Crippen molar-refractivity contribution in [3.8, 4) is 0 Å². The molecular weight excluding hydrogens is 464 g/mol. The number of aromatic amines is 1. The van der Waals surface area contributed by atoms with Gasteiger partial charge in [0.1, 0.15) is 0 Å². The molecule has 7 nitrogen and oxygen atoms in total. The van der Waals surface area contributed by atoms with E-state index in [1.165, 1.54) is 0 Å². The number of nitrogens with one attached hydrogen (secondary N) is 3. The summed E-state index contributed by atoms with van der Waals surface area (Å²) >= 11 is 6.25. The Morgan fingerprint density at radius 2 is 1.91 bits per heavy atom. The van der Waals surface area contributed by atoms with Crippen LogP contribution < -0.4 is 16.2 Å². The van der Waals surface area contributed by atoms with Gasteiger partial charge < -0.3 is 25.3 Å². The predicted molar refractivity (Wildman–Crippen MR) is 142 cm³/mol. The number of aromatic nitrogens is 2. The monoisotopic (exact) mass is 500 g/mol. The second kappa shape index (κ2) is 11.0. The van der Waals surface area contributed by atoms with Gasteiger partial charge in [-0.15, -0.1) is 0 Å². The Kier molecular flexibility index (Phi) is 8.46. The minimum atomic E-state index is -0.738. The number of nitrogens with zero attached hydrogens (tertiary/aromatic N) is 1. The fraction of sp³-hybridized carbons (Fsp3) is 0.481. The molecule has 190 valence electrons. The Labute approximate surface area is 211 Å². The van der Waals surface area contributed by atoms with Crippen molar-refractivity contribution in [1.82, 2.24) is 20.2 Å². The first-order valence-electron chi connectivity index (χ1n) is 12.1. The lowest BCUT2D eigenvalue weighted by Crippen LogP contribution is -2.35. The van der Waals surface area contributed by atoms with Crippen LogP contribution >= 0.6 is 11.6 Å². The highest BCUT2D eigenvalue weighted by Gasteiger charge is 2.25. The number of H-pyrrole nitrogens is 1. The van der Waals surface area contributed by atoms with Gasteiger partial charge in [-0.2, -0.15) is 0 Å². The average molecular weight is 501 g/mol. The summed E-state index contributed by atoms with van der Waals surface area (Å²) in [7, 11) is 0. The molecule has 8 heteroatoms. The van der Waals surface area contributed by atoms with E-state index >= 15 is 0 Å². The van der Waals surface area contributed by atoms with Gasteiger partial charge in [0.2, 0.25) is 0 Å². The number of hydrogen-bond donors (Lipinski definition) is 4. The molecule has 2 aromatic heterocycles. The minimum Gasteiger partial charge on any atom is -0.389 e. The molecule has 3 rings (SSSR count). The molecule has 0 aliphatic rings. The van der Waals surface area contributed by atoms with E-state index in [0.29, 0.717) is 34.3 Å². The molecule has 2 atom stereocenters. The third-order valence-corrected chi connectivity index (χ3v) is 6.93. The van der Waals surface area contributed by atoms with Crippen LogP contribution in [-0.2, 0) is 6.54 Å². The molecule has 0 radical (unpaired) electrons. The first kappa shape index (κ1) is 27.0. The van der Waals surface area contributed by atoms with Gasteiger partial charge in [-0.3, -0.25) is 9.59 Å². The number of amides is 1. The van der Waals surface area contributed by atoms with Crippen LogP contribution in [0.3, 0.4) is 0 Å². The maximum absolute atomic E-state index is 13.3. The lowest BCUT2D eigenvalue weighted by Gasteiger charge is -2.25. The zero-order chi connectivity index (χ0) is 25.9. The van der Waals surface area contributed by atoms with Crippen molar-refractivity contribution in [3.63, 3.8) is 0 Å². The van der Waals surface area contributed by atoms with Gasteiger partial charge in [-0.25, -0.2) is 0 Å². The van der Waals surface area contributed by atoms with Crippen molar-refractivity contribution in [3.05, 3.63) is 68.2 Å². The predicted octanol–water partition coefficient (Wildman–Crippen LogP) is 4.48. The van der Waals surface area contributed by atoms with Crippen LogP contribution in [0.1, 0.15) is 67.5 Å². The topological polar surface area (TPSA) is 99.2 Å². The van der Waals surface area contributed by atoms with Gasteiger partial charge in [-0.05, 0) is 65.6 Å². The molecule has 0 bridgehead atoms. The number of benzene rings is 1. The fourth-order valence-corrected chi connectivity index (χ4v) is 4.84. The average Bonchev–Trinajstić information content (AvgIpc) is 3.06. The van der Waals surface area contributed by atoms with Gasteiger partial charge in [0.15, 0.2) is 0 Å². The van der Waals surface area contributed by atoms with Crippen molar-refractivity contribution in [2.75, 3.05) is 13.1 Å². The van der Waals surface area contributed by atoms with Gasteiger partial charge >= 0.3 is 0 Å². The van der Waals surface area contributed by atoms with Crippen molar-refractivity contribution < 1.29 is 9.90 Å². The first-order chi connectivity index (χ1) is 16.4. The third kappa shape index (κ3) is 6.34. The molecule has 1 amide bonds. The number of halogens is 1.